The Labute approximate surface area is 114 Å². The van der Waals surface area contributed by atoms with Crippen molar-refractivity contribution >= 4 is 35.6 Å². The lowest BCUT2D eigenvalue weighted by atomic mass is 10.1. The maximum atomic E-state index is 11.4. The van der Waals surface area contributed by atoms with Crippen LogP contribution in [0.2, 0.25) is 10.0 Å². The van der Waals surface area contributed by atoms with E-state index >= 15 is 0 Å². The minimum absolute atomic E-state index is 0.0648. The predicted octanol–water partition coefficient (Wildman–Crippen LogP) is 2.89. The molecule has 1 aromatic carbocycles. The van der Waals surface area contributed by atoms with Gasteiger partial charge >= 0.3 is 5.97 Å². The van der Waals surface area contributed by atoms with Crippen LogP contribution in [0, 0.1) is 0 Å². The molecule has 0 amide bonds. The van der Waals surface area contributed by atoms with Crippen molar-refractivity contribution in [3.05, 3.63) is 33.3 Å². The zero-order valence-corrected chi connectivity index (χ0v) is 11.3. The van der Waals surface area contributed by atoms with Gasteiger partial charge in [0.15, 0.2) is 0 Å². The van der Waals surface area contributed by atoms with Gasteiger partial charge in [0.25, 0.3) is 0 Å². The van der Waals surface area contributed by atoms with E-state index in [2.05, 4.69) is 14.7 Å². The first-order chi connectivity index (χ1) is 8.61. The summed E-state index contributed by atoms with van der Waals surface area (Å²) in [5, 5.41) is 3.98. The number of methoxy groups -OCH3 is 1. The maximum Gasteiger partial charge on any atom is 0.339 e. The number of oxime groups is 1. The van der Waals surface area contributed by atoms with Crippen molar-refractivity contribution in [2.75, 3.05) is 14.2 Å². The smallest absolute Gasteiger partial charge is 0.339 e. The van der Waals surface area contributed by atoms with Crippen molar-refractivity contribution in [2.45, 2.75) is 6.61 Å². The van der Waals surface area contributed by atoms with Crippen LogP contribution in [0.4, 0.5) is 0 Å². The molecule has 0 spiro atoms. The molecule has 0 fully saturated rings. The minimum atomic E-state index is -0.538. The second kappa shape index (κ2) is 7.08. The van der Waals surface area contributed by atoms with Crippen LogP contribution < -0.4 is 0 Å². The molecule has 5 nitrogen and oxygen atoms in total. The molecule has 0 saturated heterocycles. The van der Waals surface area contributed by atoms with Gasteiger partial charge in [-0.2, -0.15) is 0 Å². The van der Waals surface area contributed by atoms with Gasteiger partial charge in [-0.3, -0.25) is 0 Å². The predicted molar refractivity (Wildman–Crippen MR) is 68.1 cm³/mol. The normalized spacial score (nSPS) is 10.4. The third-order valence-electron chi connectivity index (χ3n) is 2.04. The van der Waals surface area contributed by atoms with Crippen molar-refractivity contribution in [1.82, 2.24) is 0 Å². The fraction of sp³-hybridized carbons (Fsp3) is 0.273. The van der Waals surface area contributed by atoms with Gasteiger partial charge < -0.3 is 14.3 Å². The van der Waals surface area contributed by atoms with Crippen LogP contribution in [0.25, 0.3) is 0 Å². The number of esters is 1. The first kappa shape index (κ1) is 14.6. The number of halogens is 2. The van der Waals surface area contributed by atoms with E-state index in [1.807, 2.05) is 0 Å². The number of benzene rings is 1. The Morgan fingerprint density at radius 1 is 1.39 bits per heavy atom. The summed E-state index contributed by atoms with van der Waals surface area (Å²) in [6.45, 7) is 0.0648. The average Bonchev–Trinajstić information content (AvgIpc) is 2.37. The third kappa shape index (κ3) is 3.51. The summed E-state index contributed by atoms with van der Waals surface area (Å²) < 4.78 is 9.65. The van der Waals surface area contributed by atoms with Crippen LogP contribution in [0.15, 0.2) is 17.3 Å². The van der Waals surface area contributed by atoms with Crippen LogP contribution in [-0.2, 0) is 20.9 Å². The Kier molecular flexibility index (Phi) is 5.74. The zero-order valence-electron chi connectivity index (χ0n) is 9.78. The van der Waals surface area contributed by atoms with Gasteiger partial charge in [0.05, 0.1) is 17.7 Å². The second-order valence-electron chi connectivity index (χ2n) is 3.08. The molecule has 1 aromatic rings. The highest BCUT2D eigenvalue weighted by molar-refractivity contribution is 6.37. The minimum Gasteiger partial charge on any atom is -0.476 e. The molecule has 18 heavy (non-hydrogen) atoms. The molecule has 98 valence electrons. The molecule has 0 aliphatic carbocycles. The largest absolute Gasteiger partial charge is 0.476 e. The molecule has 0 radical (unpaired) electrons. The van der Waals surface area contributed by atoms with Gasteiger partial charge in [0.2, 0.25) is 6.40 Å². The molecule has 0 aromatic heterocycles. The molecule has 0 aliphatic heterocycles. The summed E-state index contributed by atoms with van der Waals surface area (Å²) in [5.74, 6) is -0.538. The topological polar surface area (TPSA) is 57.1 Å². The lowest BCUT2D eigenvalue weighted by molar-refractivity contribution is 0.0600. The second-order valence-corrected chi connectivity index (χ2v) is 3.87. The van der Waals surface area contributed by atoms with Crippen LogP contribution in [0.3, 0.4) is 0 Å². The standard InChI is InChI=1S/C11H11Cl2NO4/c1-16-11(15)7-3-4-9(12)8(10(7)13)5-18-6-14-17-2/h3-4,6H,5H2,1-2H3. The summed E-state index contributed by atoms with van der Waals surface area (Å²) in [6.07, 6.45) is 1.11. The molecule has 0 aliphatic rings. The Bertz CT molecular complexity index is 463. The van der Waals surface area contributed by atoms with Crippen LogP contribution in [0.5, 0.6) is 0 Å². The number of hydrogen-bond donors (Lipinski definition) is 0. The SMILES string of the molecule is CON=COCc1c(Cl)ccc(C(=O)OC)c1Cl. The van der Waals surface area contributed by atoms with E-state index < -0.39 is 5.97 Å². The number of hydrogen-bond acceptors (Lipinski definition) is 5. The van der Waals surface area contributed by atoms with E-state index in [9.17, 15) is 4.79 Å². The number of carbonyl (C=O) groups is 1. The fourth-order valence-corrected chi connectivity index (χ4v) is 1.75. The Morgan fingerprint density at radius 2 is 2.11 bits per heavy atom. The molecule has 0 N–H and O–H groups in total. The quantitative estimate of drug-likeness (QED) is 0.362. The van der Waals surface area contributed by atoms with Crippen molar-refractivity contribution in [2.24, 2.45) is 5.16 Å². The molecule has 0 saturated carbocycles. The van der Waals surface area contributed by atoms with Crippen LogP contribution in [-0.4, -0.2) is 26.6 Å². The number of rotatable bonds is 5. The number of nitrogens with zero attached hydrogens (tertiary/aromatic N) is 1. The molecule has 0 heterocycles. The van der Waals surface area contributed by atoms with E-state index in [4.69, 9.17) is 27.9 Å². The first-order valence-electron chi connectivity index (χ1n) is 4.83. The van der Waals surface area contributed by atoms with E-state index in [1.165, 1.54) is 20.3 Å². The highest BCUT2D eigenvalue weighted by atomic mass is 35.5. The molecular formula is C11H11Cl2NO4. The van der Waals surface area contributed by atoms with E-state index in [0.717, 1.165) is 6.40 Å². The van der Waals surface area contributed by atoms with E-state index in [0.29, 0.717) is 10.6 Å². The van der Waals surface area contributed by atoms with Gasteiger partial charge in [0.1, 0.15) is 13.7 Å². The number of carbonyl (C=O) groups excluding carboxylic acids is 1. The van der Waals surface area contributed by atoms with Crippen molar-refractivity contribution < 1.29 is 19.1 Å². The lowest BCUT2D eigenvalue weighted by Gasteiger charge is -2.09. The lowest BCUT2D eigenvalue weighted by Crippen LogP contribution is -2.05. The molecule has 0 unspecified atom stereocenters. The molecule has 7 heteroatoms. The van der Waals surface area contributed by atoms with Crippen LogP contribution in [0.1, 0.15) is 15.9 Å². The third-order valence-corrected chi connectivity index (χ3v) is 2.83. The average molecular weight is 292 g/mol. The molecule has 0 bridgehead atoms. The van der Waals surface area contributed by atoms with Gasteiger partial charge in [-0.15, -0.1) is 0 Å². The molecular weight excluding hydrogens is 281 g/mol. The Hall–Kier alpha value is -1.46. The summed E-state index contributed by atoms with van der Waals surface area (Å²) in [5.41, 5.74) is 0.703. The van der Waals surface area contributed by atoms with Crippen LogP contribution >= 0.6 is 23.2 Å². The van der Waals surface area contributed by atoms with E-state index in [-0.39, 0.29) is 17.2 Å². The summed E-state index contributed by atoms with van der Waals surface area (Å²) in [7, 11) is 2.66. The Morgan fingerprint density at radius 3 is 2.72 bits per heavy atom. The fourth-order valence-electron chi connectivity index (χ4n) is 1.19. The Balaban J connectivity index is 2.95. The van der Waals surface area contributed by atoms with Gasteiger partial charge in [-0.25, -0.2) is 4.79 Å². The van der Waals surface area contributed by atoms with Gasteiger partial charge in [-0.05, 0) is 12.1 Å². The summed E-state index contributed by atoms with van der Waals surface area (Å²) in [6, 6.07) is 3.04. The molecule has 0 atom stereocenters. The monoisotopic (exact) mass is 291 g/mol. The van der Waals surface area contributed by atoms with Crippen molar-refractivity contribution in [3.63, 3.8) is 0 Å². The number of ether oxygens (including phenoxy) is 2. The maximum absolute atomic E-state index is 11.4. The van der Waals surface area contributed by atoms with Crippen molar-refractivity contribution in [3.8, 4) is 0 Å². The van der Waals surface area contributed by atoms with Gasteiger partial charge in [0, 0.05) is 10.6 Å². The summed E-state index contributed by atoms with van der Waals surface area (Å²) in [4.78, 5) is 15.9. The molecule has 1 rings (SSSR count). The highest BCUT2D eigenvalue weighted by Crippen LogP contribution is 2.29. The summed E-state index contributed by atoms with van der Waals surface area (Å²) >= 11 is 12.0. The van der Waals surface area contributed by atoms with E-state index in [1.54, 1.807) is 6.07 Å². The van der Waals surface area contributed by atoms with Gasteiger partial charge in [-0.1, -0.05) is 28.4 Å². The highest BCUT2D eigenvalue weighted by Gasteiger charge is 2.16. The first-order valence-corrected chi connectivity index (χ1v) is 5.59. The van der Waals surface area contributed by atoms with Crippen molar-refractivity contribution in [1.29, 1.82) is 0 Å². The zero-order chi connectivity index (χ0) is 13.5.